The Morgan fingerprint density at radius 2 is 1.12 bits per heavy atom. The first-order valence-corrected chi connectivity index (χ1v) is 8.94. The molecule has 0 amide bonds. The molecule has 0 heterocycles. The van der Waals surface area contributed by atoms with E-state index >= 15 is 0 Å². The molecule has 0 unspecified atom stereocenters. The number of unbranched alkanes of at least 4 members (excludes halogenated alkanes) is 10. The predicted octanol–water partition coefficient (Wildman–Crippen LogP) is 6.25. The Labute approximate surface area is 114 Å². The van der Waals surface area contributed by atoms with Crippen LogP contribution in [0.15, 0.2) is 0 Å². The number of hydrogen-bond donors (Lipinski definition) is 0. The second-order valence-electron chi connectivity index (χ2n) is 5.00. The number of rotatable bonds is 14. The van der Waals surface area contributed by atoms with Gasteiger partial charge in [0.05, 0.1) is 0 Å². The summed E-state index contributed by atoms with van der Waals surface area (Å²) >= 11 is 2.15. The van der Waals surface area contributed by atoms with Crippen LogP contribution in [0.2, 0.25) is 0 Å². The Morgan fingerprint density at radius 1 is 0.647 bits per heavy atom. The molecule has 0 N–H and O–H groups in total. The van der Waals surface area contributed by atoms with E-state index in [9.17, 15) is 0 Å². The fourth-order valence-electron chi connectivity index (χ4n) is 1.97. The quantitative estimate of drug-likeness (QED) is 0.331. The van der Waals surface area contributed by atoms with Crippen molar-refractivity contribution < 1.29 is 0 Å². The molecule has 0 aliphatic rings. The Kier molecular flexibility index (Phi) is 16.7. The Hall–Kier alpha value is 0.350. The zero-order valence-electron chi connectivity index (χ0n) is 12.0. The van der Waals surface area contributed by atoms with Crippen LogP contribution in [0.1, 0.15) is 84.0 Å². The lowest BCUT2D eigenvalue weighted by atomic mass is 10.1. The van der Waals surface area contributed by atoms with Crippen molar-refractivity contribution in [1.29, 1.82) is 0 Å². The molecule has 0 saturated heterocycles. The van der Waals surface area contributed by atoms with Crippen LogP contribution >= 0.6 is 11.8 Å². The van der Waals surface area contributed by atoms with Gasteiger partial charge < -0.3 is 0 Å². The summed E-state index contributed by atoms with van der Waals surface area (Å²) in [6.07, 6.45) is 16.8. The van der Waals surface area contributed by atoms with E-state index in [0.29, 0.717) is 0 Å². The molecule has 1 heteroatoms. The van der Waals surface area contributed by atoms with E-state index in [2.05, 4.69) is 25.6 Å². The smallest absolute Gasteiger partial charge is 0.00675 e. The molecule has 0 saturated carbocycles. The highest BCUT2D eigenvalue weighted by atomic mass is 32.2. The predicted molar refractivity (Wildman–Crippen MR) is 83.8 cm³/mol. The molecule has 0 nitrogen and oxygen atoms in total. The van der Waals surface area contributed by atoms with Crippen LogP contribution in [-0.2, 0) is 0 Å². The zero-order chi connectivity index (χ0) is 12.6. The summed E-state index contributed by atoms with van der Waals surface area (Å²) in [6.45, 7) is 6.15. The SMILES string of the molecule is [CH2]CCCCCCCCCCCSCCCC. The van der Waals surface area contributed by atoms with Gasteiger partial charge in [0.15, 0.2) is 0 Å². The number of hydrogen-bond acceptors (Lipinski definition) is 1. The van der Waals surface area contributed by atoms with Crippen molar-refractivity contribution in [2.45, 2.75) is 84.0 Å². The molecule has 0 bridgehead atoms. The largest absolute Gasteiger partial charge is 0.162 e. The van der Waals surface area contributed by atoms with Crippen LogP contribution < -0.4 is 0 Å². The fraction of sp³-hybridized carbons (Fsp3) is 0.938. The molecule has 0 rings (SSSR count). The highest BCUT2D eigenvalue weighted by molar-refractivity contribution is 7.99. The van der Waals surface area contributed by atoms with Gasteiger partial charge in [-0.15, -0.1) is 0 Å². The van der Waals surface area contributed by atoms with E-state index in [1.807, 2.05) is 0 Å². The zero-order valence-corrected chi connectivity index (χ0v) is 12.8. The summed E-state index contributed by atoms with van der Waals surface area (Å²) in [6, 6.07) is 0. The van der Waals surface area contributed by atoms with Gasteiger partial charge in [0, 0.05) is 0 Å². The maximum Gasteiger partial charge on any atom is -0.00675 e. The van der Waals surface area contributed by atoms with Crippen LogP contribution in [0.25, 0.3) is 0 Å². The van der Waals surface area contributed by atoms with Gasteiger partial charge in [-0.2, -0.15) is 11.8 Å². The van der Waals surface area contributed by atoms with E-state index in [-0.39, 0.29) is 0 Å². The van der Waals surface area contributed by atoms with Crippen molar-refractivity contribution in [3.8, 4) is 0 Å². The van der Waals surface area contributed by atoms with E-state index < -0.39 is 0 Å². The Balaban J connectivity index is 2.85. The normalized spacial score (nSPS) is 10.9. The topological polar surface area (TPSA) is 0 Å². The van der Waals surface area contributed by atoms with Gasteiger partial charge in [-0.25, -0.2) is 0 Å². The second kappa shape index (κ2) is 16.4. The maximum atomic E-state index is 3.88. The molecule has 0 atom stereocenters. The molecule has 1 radical (unpaired) electrons. The Bertz CT molecular complexity index is 109. The summed E-state index contributed by atoms with van der Waals surface area (Å²) in [5.41, 5.74) is 0. The van der Waals surface area contributed by atoms with Gasteiger partial charge in [-0.3, -0.25) is 0 Å². The monoisotopic (exact) mass is 257 g/mol. The van der Waals surface area contributed by atoms with Crippen molar-refractivity contribution in [3.63, 3.8) is 0 Å². The summed E-state index contributed by atoms with van der Waals surface area (Å²) in [5, 5.41) is 0. The Morgan fingerprint density at radius 3 is 1.65 bits per heavy atom. The fourth-order valence-corrected chi connectivity index (χ4v) is 3.07. The minimum Gasteiger partial charge on any atom is -0.162 e. The van der Waals surface area contributed by atoms with E-state index in [4.69, 9.17) is 0 Å². The first-order chi connectivity index (χ1) is 8.41. The minimum absolute atomic E-state index is 1.12. The van der Waals surface area contributed by atoms with Gasteiger partial charge in [0.2, 0.25) is 0 Å². The third kappa shape index (κ3) is 16.4. The van der Waals surface area contributed by atoms with Crippen molar-refractivity contribution in [1.82, 2.24) is 0 Å². The van der Waals surface area contributed by atoms with Crippen LogP contribution in [0.5, 0.6) is 0 Å². The molecule has 103 valence electrons. The first-order valence-electron chi connectivity index (χ1n) is 7.78. The van der Waals surface area contributed by atoms with Gasteiger partial charge >= 0.3 is 0 Å². The minimum atomic E-state index is 1.12. The first kappa shape index (κ1) is 17.4. The molecule has 0 spiro atoms. The average molecular weight is 258 g/mol. The van der Waals surface area contributed by atoms with Crippen molar-refractivity contribution in [3.05, 3.63) is 6.92 Å². The van der Waals surface area contributed by atoms with Gasteiger partial charge in [-0.05, 0) is 24.3 Å². The average Bonchev–Trinajstić information content (AvgIpc) is 2.35. The molecule has 0 fully saturated rings. The summed E-state index contributed by atoms with van der Waals surface area (Å²) in [4.78, 5) is 0. The molecule has 0 aliphatic carbocycles. The molecule has 17 heavy (non-hydrogen) atoms. The van der Waals surface area contributed by atoms with Crippen molar-refractivity contribution in [2.75, 3.05) is 11.5 Å². The van der Waals surface area contributed by atoms with Gasteiger partial charge in [0.25, 0.3) is 0 Å². The third-order valence-corrected chi connectivity index (χ3v) is 4.34. The van der Waals surface area contributed by atoms with E-state index in [1.54, 1.807) is 0 Å². The van der Waals surface area contributed by atoms with Crippen LogP contribution in [0.4, 0.5) is 0 Å². The highest BCUT2D eigenvalue weighted by Gasteiger charge is 1.93. The van der Waals surface area contributed by atoms with E-state index in [0.717, 1.165) is 6.42 Å². The molecule has 0 aromatic rings. The summed E-state index contributed by atoms with van der Waals surface area (Å²) < 4.78 is 0. The molecular weight excluding hydrogens is 224 g/mol. The maximum absolute atomic E-state index is 3.88. The van der Waals surface area contributed by atoms with Crippen molar-refractivity contribution >= 4 is 11.8 Å². The lowest BCUT2D eigenvalue weighted by molar-refractivity contribution is 0.567. The van der Waals surface area contributed by atoms with Crippen molar-refractivity contribution in [2.24, 2.45) is 0 Å². The molecular formula is C16H33S. The summed E-state index contributed by atoms with van der Waals surface area (Å²) in [5.74, 6) is 2.77. The molecule has 0 aromatic carbocycles. The van der Waals surface area contributed by atoms with Gasteiger partial charge in [-0.1, -0.05) is 78.1 Å². The van der Waals surface area contributed by atoms with Crippen LogP contribution in [0, 0.1) is 6.92 Å². The molecule has 0 aromatic heterocycles. The van der Waals surface area contributed by atoms with Crippen LogP contribution in [-0.4, -0.2) is 11.5 Å². The number of thioether (sulfide) groups is 1. The lowest BCUT2D eigenvalue weighted by Gasteiger charge is -2.02. The third-order valence-electron chi connectivity index (χ3n) is 3.18. The standard InChI is InChI=1S/C16H33S/c1-3-5-7-8-9-10-11-12-13-14-16-17-15-6-4-2/h1,3-16H2,2H3. The lowest BCUT2D eigenvalue weighted by Crippen LogP contribution is -1.85. The summed E-state index contributed by atoms with van der Waals surface area (Å²) in [7, 11) is 0. The molecule has 0 aliphatic heterocycles. The van der Waals surface area contributed by atoms with E-state index in [1.165, 1.54) is 82.1 Å². The van der Waals surface area contributed by atoms with Crippen LogP contribution in [0.3, 0.4) is 0 Å². The highest BCUT2D eigenvalue weighted by Crippen LogP contribution is 2.12. The second-order valence-corrected chi connectivity index (χ2v) is 6.23. The van der Waals surface area contributed by atoms with Gasteiger partial charge in [0.1, 0.15) is 0 Å².